The maximum absolute atomic E-state index is 6.29. The fraction of sp³-hybridized carbons (Fsp3) is 0.0256. The van der Waals surface area contributed by atoms with Crippen molar-refractivity contribution >= 4 is 55.4 Å². The molecule has 8 aromatic rings. The second-order valence-electron chi connectivity index (χ2n) is 11.1. The Balaban J connectivity index is 1.16. The summed E-state index contributed by atoms with van der Waals surface area (Å²) in [6, 6.07) is 50.3. The number of fused-ring (bicyclic) bond motifs is 6. The fourth-order valence-corrected chi connectivity index (χ4v) is 6.35. The summed E-state index contributed by atoms with van der Waals surface area (Å²) in [6.07, 6.45) is -0.278. The van der Waals surface area contributed by atoms with Crippen molar-refractivity contribution in [1.82, 2.24) is 9.88 Å². The maximum Gasteiger partial charge on any atom is 0.159 e. The molecule has 0 fully saturated rings. The van der Waals surface area contributed by atoms with Crippen LogP contribution < -0.4 is 5.32 Å². The molecule has 0 saturated carbocycles. The zero-order valence-electron chi connectivity index (χ0n) is 23.7. The molecule has 9 rings (SSSR count). The Labute approximate surface area is 253 Å². The molecule has 1 aliphatic heterocycles. The van der Waals surface area contributed by atoms with Gasteiger partial charge in [-0.2, -0.15) is 0 Å². The van der Waals surface area contributed by atoms with Crippen LogP contribution in [0.2, 0.25) is 0 Å². The van der Waals surface area contributed by atoms with Crippen LogP contribution in [0, 0.1) is 0 Å². The van der Waals surface area contributed by atoms with Crippen molar-refractivity contribution in [2.75, 3.05) is 0 Å². The lowest BCUT2D eigenvalue weighted by Gasteiger charge is -2.24. The van der Waals surface area contributed by atoms with Crippen molar-refractivity contribution < 1.29 is 4.42 Å². The minimum Gasteiger partial charge on any atom is -0.456 e. The number of hydrogen-bond donors (Lipinski definition) is 1. The molecule has 5 nitrogen and oxygen atoms in total. The molecule has 44 heavy (non-hydrogen) atoms. The van der Waals surface area contributed by atoms with Gasteiger partial charge >= 0.3 is 0 Å². The molecule has 1 N–H and O–H groups in total. The van der Waals surface area contributed by atoms with Crippen molar-refractivity contribution in [3.05, 3.63) is 162 Å². The lowest BCUT2D eigenvalue weighted by atomic mass is 10.1. The SMILES string of the molecule is c1ccc(C2=NC(c3ccc(-n4c5ccccc5c5cc6c(cc54)oc4ccccc46)cc3)NC(c3ccccc3)=N2)cc1. The van der Waals surface area contributed by atoms with E-state index in [2.05, 4.69) is 107 Å². The molecule has 1 aliphatic rings. The molecule has 5 heteroatoms. The fourth-order valence-electron chi connectivity index (χ4n) is 6.35. The zero-order valence-corrected chi connectivity index (χ0v) is 23.7. The van der Waals surface area contributed by atoms with Crippen molar-refractivity contribution in [3.63, 3.8) is 0 Å². The highest BCUT2D eigenvalue weighted by molar-refractivity contribution is 6.17. The van der Waals surface area contributed by atoms with Gasteiger partial charge in [-0.25, -0.2) is 9.98 Å². The summed E-state index contributed by atoms with van der Waals surface area (Å²) in [5, 5.41) is 8.27. The molecule has 0 bridgehead atoms. The van der Waals surface area contributed by atoms with E-state index in [1.807, 2.05) is 48.5 Å². The largest absolute Gasteiger partial charge is 0.456 e. The number of hydrogen-bond acceptors (Lipinski definition) is 4. The monoisotopic (exact) mass is 566 g/mol. The number of para-hydroxylation sites is 2. The van der Waals surface area contributed by atoms with E-state index in [1.54, 1.807) is 0 Å². The predicted molar refractivity (Wildman–Crippen MR) is 180 cm³/mol. The number of benzene rings is 6. The van der Waals surface area contributed by atoms with Crippen LogP contribution in [-0.2, 0) is 0 Å². The van der Waals surface area contributed by atoms with Gasteiger partial charge in [0.15, 0.2) is 5.84 Å². The van der Waals surface area contributed by atoms with E-state index in [9.17, 15) is 0 Å². The van der Waals surface area contributed by atoms with Gasteiger partial charge in [0.05, 0.1) is 11.0 Å². The molecule has 0 amide bonds. The Bertz CT molecular complexity index is 2400. The third kappa shape index (κ3) is 3.94. The van der Waals surface area contributed by atoms with Crippen molar-refractivity contribution in [2.45, 2.75) is 6.17 Å². The highest BCUT2D eigenvalue weighted by Crippen LogP contribution is 2.38. The third-order valence-corrected chi connectivity index (χ3v) is 8.46. The number of rotatable bonds is 4. The van der Waals surface area contributed by atoms with Gasteiger partial charge in [-0.1, -0.05) is 109 Å². The minimum absolute atomic E-state index is 0.278. The first-order valence-corrected chi connectivity index (χ1v) is 14.8. The van der Waals surface area contributed by atoms with E-state index in [4.69, 9.17) is 14.4 Å². The van der Waals surface area contributed by atoms with Crippen LogP contribution in [0.4, 0.5) is 0 Å². The molecule has 3 heterocycles. The number of nitrogens with zero attached hydrogens (tertiary/aromatic N) is 3. The van der Waals surface area contributed by atoms with Gasteiger partial charge in [0.25, 0.3) is 0 Å². The Morgan fingerprint density at radius 3 is 2.02 bits per heavy atom. The first-order chi connectivity index (χ1) is 21.8. The molecule has 1 atom stereocenters. The molecule has 0 spiro atoms. The Hall–Kier alpha value is -5.94. The standard InChI is InChI=1S/C39H26N4O/c1-3-11-25(12-4-1)37-40-38(26-13-5-2-6-14-26)42-39(41-37)27-19-21-28(22-20-27)43-33-17-9-7-15-29(33)31-23-32-30-16-8-10-18-35(30)44-36(32)24-34(31)43/h1-24,39H,(H,40,41,42). The molecule has 6 aromatic carbocycles. The predicted octanol–water partition coefficient (Wildman–Crippen LogP) is 9.18. The number of furan rings is 1. The second kappa shape index (κ2) is 9.82. The molecular formula is C39H26N4O. The van der Waals surface area contributed by atoms with E-state index < -0.39 is 0 Å². The zero-order chi connectivity index (χ0) is 29.0. The lowest BCUT2D eigenvalue weighted by molar-refractivity contribution is 0.669. The Morgan fingerprint density at radius 2 is 1.23 bits per heavy atom. The average molecular weight is 567 g/mol. The molecule has 2 aromatic heterocycles. The highest BCUT2D eigenvalue weighted by Gasteiger charge is 2.22. The van der Waals surface area contributed by atoms with E-state index in [0.717, 1.165) is 67.0 Å². The van der Waals surface area contributed by atoms with Gasteiger partial charge in [0.1, 0.15) is 23.2 Å². The summed E-state index contributed by atoms with van der Waals surface area (Å²) < 4.78 is 8.62. The highest BCUT2D eigenvalue weighted by atomic mass is 16.3. The summed E-state index contributed by atoms with van der Waals surface area (Å²) in [5.41, 5.74) is 8.23. The molecule has 208 valence electrons. The van der Waals surface area contributed by atoms with Gasteiger partial charge < -0.3 is 14.3 Å². The number of nitrogens with one attached hydrogen (secondary N) is 1. The smallest absolute Gasteiger partial charge is 0.159 e. The quantitative estimate of drug-likeness (QED) is 0.231. The molecule has 0 aliphatic carbocycles. The molecule has 1 unspecified atom stereocenters. The molecular weight excluding hydrogens is 540 g/mol. The van der Waals surface area contributed by atoms with E-state index in [-0.39, 0.29) is 6.17 Å². The van der Waals surface area contributed by atoms with Crippen LogP contribution in [0.5, 0.6) is 0 Å². The first-order valence-electron chi connectivity index (χ1n) is 14.8. The summed E-state index contributed by atoms with van der Waals surface area (Å²) in [4.78, 5) is 9.95. The van der Waals surface area contributed by atoms with Gasteiger partial charge in [-0.05, 0) is 35.9 Å². The summed E-state index contributed by atoms with van der Waals surface area (Å²) in [7, 11) is 0. The van der Waals surface area contributed by atoms with Crippen molar-refractivity contribution in [3.8, 4) is 5.69 Å². The van der Waals surface area contributed by atoms with E-state index in [1.165, 1.54) is 10.8 Å². The maximum atomic E-state index is 6.29. The third-order valence-electron chi connectivity index (χ3n) is 8.46. The Kier molecular flexibility index (Phi) is 5.50. The molecule has 0 radical (unpaired) electrons. The van der Waals surface area contributed by atoms with Crippen LogP contribution in [0.1, 0.15) is 22.9 Å². The summed E-state index contributed by atoms with van der Waals surface area (Å²) >= 11 is 0. The van der Waals surface area contributed by atoms with Crippen LogP contribution in [-0.4, -0.2) is 16.2 Å². The second-order valence-corrected chi connectivity index (χ2v) is 11.1. The number of amidine groups is 2. The topological polar surface area (TPSA) is 54.8 Å². The van der Waals surface area contributed by atoms with Crippen LogP contribution in [0.15, 0.2) is 160 Å². The average Bonchev–Trinajstić information content (AvgIpc) is 3.62. The summed E-state index contributed by atoms with van der Waals surface area (Å²) in [5.74, 6) is 1.53. The van der Waals surface area contributed by atoms with Gasteiger partial charge in [-0.3, -0.25) is 0 Å². The minimum atomic E-state index is -0.278. The van der Waals surface area contributed by atoms with Crippen LogP contribution in [0.25, 0.3) is 49.4 Å². The van der Waals surface area contributed by atoms with Gasteiger partial charge in [-0.15, -0.1) is 0 Å². The van der Waals surface area contributed by atoms with Gasteiger partial charge in [0.2, 0.25) is 0 Å². The van der Waals surface area contributed by atoms with Crippen molar-refractivity contribution in [1.29, 1.82) is 0 Å². The van der Waals surface area contributed by atoms with Crippen molar-refractivity contribution in [2.24, 2.45) is 9.98 Å². The van der Waals surface area contributed by atoms with E-state index in [0.29, 0.717) is 0 Å². The number of aliphatic imine (C=N–C) groups is 2. The van der Waals surface area contributed by atoms with E-state index >= 15 is 0 Å². The Morgan fingerprint density at radius 1 is 0.545 bits per heavy atom. The van der Waals surface area contributed by atoms with Crippen LogP contribution >= 0.6 is 0 Å². The first kappa shape index (κ1) is 24.6. The molecule has 0 saturated heterocycles. The number of aromatic nitrogens is 1. The van der Waals surface area contributed by atoms with Crippen LogP contribution in [0.3, 0.4) is 0 Å². The lowest BCUT2D eigenvalue weighted by Crippen LogP contribution is -2.33. The normalized spacial score (nSPS) is 15.0. The summed E-state index contributed by atoms with van der Waals surface area (Å²) in [6.45, 7) is 0. The van der Waals surface area contributed by atoms with Gasteiger partial charge in [0, 0.05) is 44.4 Å².